The molecule has 0 aromatic heterocycles. The van der Waals surface area contributed by atoms with Crippen LogP contribution in [0, 0.1) is 0 Å². The van der Waals surface area contributed by atoms with Crippen molar-refractivity contribution < 1.29 is 22.7 Å². The van der Waals surface area contributed by atoms with Crippen molar-refractivity contribution in [2.75, 3.05) is 18.4 Å². The number of methoxy groups -OCH3 is 1. The first-order chi connectivity index (χ1) is 11.0. The standard InChI is InChI=1S/C16H17NO5S/c1-3-22-16(18)12-5-4-6-13(11-12)17-23(19,20)15-9-7-14(21-2)8-10-15/h4-11,17H,3H2,1-2H3. The lowest BCUT2D eigenvalue weighted by atomic mass is 10.2. The number of carbonyl (C=O) groups is 1. The molecular weight excluding hydrogens is 318 g/mol. The number of carbonyl (C=O) groups excluding carboxylic acids is 1. The third-order valence-corrected chi connectivity index (χ3v) is 4.39. The highest BCUT2D eigenvalue weighted by atomic mass is 32.2. The average molecular weight is 335 g/mol. The van der Waals surface area contributed by atoms with Crippen molar-refractivity contribution in [2.45, 2.75) is 11.8 Å². The van der Waals surface area contributed by atoms with E-state index in [1.807, 2.05) is 0 Å². The van der Waals surface area contributed by atoms with Gasteiger partial charge in [-0.25, -0.2) is 13.2 Å². The van der Waals surface area contributed by atoms with Crippen LogP contribution in [0.3, 0.4) is 0 Å². The van der Waals surface area contributed by atoms with Gasteiger partial charge in [-0.2, -0.15) is 0 Å². The number of hydrogen-bond acceptors (Lipinski definition) is 5. The van der Waals surface area contributed by atoms with E-state index in [0.29, 0.717) is 5.75 Å². The molecule has 0 heterocycles. The maximum Gasteiger partial charge on any atom is 0.338 e. The molecule has 1 N–H and O–H groups in total. The van der Waals surface area contributed by atoms with Gasteiger partial charge in [0.25, 0.3) is 10.0 Å². The number of nitrogens with one attached hydrogen (secondary N) is 1. The van der Waals surface area contributed by atoms with Gasteiger partial charge in [0.1, 0.15) is 5.75 Å². The Bertz CT molecular complexity index is 784. The summed E-state index contributed by atoms with van der Waals surface area (Å²) >= 11 is 0. The Morgan fingerprint density at radius 2 is 1.83 bits per heavy atom. The zero-order valence-electron chi connectivity index (χ0n) is 12.8. The van der Waals surface area contributed by atoms with Gasteiger partial charge < -0.3 is 9.47 Å². The van der Waals surface area contributed by atoms with Crippen molar-refractivity contribution in [1.82, 2.24) is 0 Å². The summed E-state index contributed by atoms with van der Waals surface area (Å²) in [6.45, 7) is 1.95. The molecule has 0 aliphatic carbocycles. The van der Waals surface area contributed by atoms with E-state index in [4.69, 9.17) is 9.47 Å². The molecule has 23 heavy (non-hydrogen) atoms. The van der Waals surface area contributed by atoms with Crippen LogP contribution >= 0.6 is 0 Å². The molecule has 0 saturated carbocycles. The fraction of sp³-hybridized carbons (Fsp3) is 0.188. The second-order valence-corrected chi connectivity index (χ2v) is 6.26. The van der Waals surface area contributed by atoms with E-state index in [9.17, 15) is 13.2 Å². The fourth-order valence-corrected chi connectivity index (χ4v) is 2.94. The number of hydrogen-bond donors (Lipinski definition) is 1. The molecule has 0 aliphatic heterocycles. The van der Waals surface area contributed by atoms with Crippen LogP contribution in [0.25, 0.3) is 0 Å². The smallest absolute Gasteiger partial charge is 0.338 e. The first-order valence-electron chi connectivity index (χ1n) is 6.90. The molecule has 2 aromatic rings. The van der Waals surface area contributed by atoms with E-state index in [1.165, 1.54) is 25.3 Å². The second kappa shape index (κ2) is 7.15. The summed E-state index contributed by atoms with van der Waals surface area (Å²) in [5, 5.41) is 0. The molecule has 6 nitrogen and oxygen atoms in total. The highest BCUT2D eigenvalue weighted by molar-refractivity contribution is 7.92. The van der Waals surface area contributed by atoms with Crippen LogP contribution in [0.2, 0.25) is 0 Å². The Hall–Kier alpha value is -2.54. The van der Waals surface area contributed by atoms with Crippen LogP contribution in [-0.4, -0.2) is 28.1 Å². The van der Waals surface area contributed by atoms with Gasteiger partial charge in [0.2, 0.25) is 0 Å². The van der Waals surface area contributed by atoms with Crippen molar-refractivity contribution in [3.8, 4) is 5.75 Å². The molecule has 7 heteroatoms. The van der Waals surface area contributed by atoms with E-state index >= 15 is 0 Å². The van der Waals surface area contributed by atoms with Gasteiger partial charge >= 0.3 is 5.97 Å². The van der Waals surface area contributed by atoms with Crippen molar-refractivity contribution in [3.05, 3.63) is 54.1 Å². The number of esters is 1. The largest absolute Gasteiger partial charge is 0.497 e. The van der Waals surface area contributed by atoms with E-state index in [0.717, 1.165) is 0 Å². The number of anilines is 1. The number of rotatable bonds is 6. The molecule has 0 bridgehead atoms. The minimum absolute atomic E-state index is 0.0971. The van der Waals surface area contributed by atoms with Crippen LogP contribution < -0.4 is 9.46 Å². The lowest BCUT2D eigenvalue weighted by Gasteiger charge is -2.10. The normalized spacial score (nSPS) is 10.9. The second-order valence-electron chi connectivity index (χ2n) is 4.58. The average Bonchev–Trinajstić information content (AvgIpc) is 2.55. The Kier molecular flexibility index (Phi) is 5.23. The zero-order chi connectivity index (χ0) is 16.9. The molecule has 0 saturated heterocycles. The monoisotopic (exact) mass is 335 g/mol. The topological polar surface area (TPSA) is 81.7 Å². The van der Waals surface area contributed by atoms with Gasteiger partial charge in [0, 0.05) is 5.69 Å². The molecule has 0 radical (unpaired) electrons. The Balaban J connectivity index is 2.23. The third kappa shape index (κ3) is 4.23. The molecule has 0 atom stereocenters. The molecule has 0 fully saturated rings. The summed E-state index contributed by atoms with van der Waals surface area (Å²) in [6, 6.07) is 12.1. The van der Waals surface area contributed by atoms with Crippen molar-refractivity contribution in [3.63, 3.8) is 0 Å². The molecule has 0 aliphatic rings. The molecule has 0 spiro atoms. The molecule has 0 amide bonds. The summed E-state index contributed by atoms with van der Waals surface area (Å²) in [6.07, 6.45) is 0. The first kappa shape index (κ1) is 16.8. The summed E-state index contributed by atoms with van der Waals surface area (Å²) in [4.78, 5) is 11.8. The minimum Gasteiger partial charge on any atom is -0.497 e. The highest BCUT2D eigenvalue weighted by Crippen LogP contribution is 2.20. The molecular formula is C16H17NO5S. The Morgan fingerprint density at radius 1 is 1.13 bits per heavy atom. The number of benzene rings is 2. The van der Waals surface area contributed by atoms with E-state index in [-0.39, 0.29) is 22.8 Å². The van der Waals surface area contributed by atoms with Crippen molar-refractivity contribution >= 4 is 21.7 Å². The van der Waals surface area contributed by atoms with Gasteiger partial charge in [-0.15, -0.1) is 0 Å². The quantitative estimate of drug-likeness (QED) is 0.821. The molecule has 2 aromatic carbocycles. The van der Waals surface area contributed by atoms with Crippen molar-refractivity contribution in [1.29, 1.82) is 0 Å². The maximum atomic E-state index is 12.3. The number of sulfonamides is 1. The Labute approximate surface area is 135 Å². The predicted octanol–water partition coefficient (Wildman–Crippen LogP) is 2.67. The minimum atomic E-state index is -3.75. The summed E-state index contributed by atoms with van der Waals surface area (Å²) in [7, 11) is -2.25. The maximum absolute atomic E-state index is 12.3. The van der Waals surface area contributed by atoms with Crippen LogP contribution in [0.4, 0.5) is 5.69 Å². The predicted molar refractivity (Wildman–Crippen MR) is 86.2 cm³/mol. The SMILES string of the molecule is CCOC(=O)c1cccc(NS(=O)(=O)c2ccc(OC)cc2)c1. The van der Waals surface area contributed by atoms with Gasteiger partial charge in [-0.1, -0.05) is 6.07 Å². The summed E-state index contributed by atoms with van der Waals surface area (Å²) < 4.78 is 37.0. The lowest BCUT2D eigenvalue weighted by molar-refractivity contribution is 0.0526. The van der Waals surface area contributed by atoms with Crippen molar-refractivity contribution in [2.24, 2.45) is 0 Å². The van der Waals surface area contributed by atoms with Gasteiger partial charge in [0.05, 0.1) is 24.2 Å². The van der Waals surface area contributed by atoms with Crippen LogP contribution in [-0.2, 0) is 14.8 Å². The summed E-state index contributed by atoms with van der Waals surface area (Å²) in [5.41, 5.74) is 0.563. The van der Waals surface area contributed by atoms with Gasteiger partial charge in [-0.05, 0) is 49.4 Å². The molecule has 2 rings (SSSR count). The lowest BCUT2D eigenvalue weighted by Crippen LogP contribution is -2.13. The summed E-state index contributed by atoms with van der Waals surface area (Å²) in [5.74, 6) is 0.0613. The highest BCUT2D eigenvalue weighted by Gasteiger charge is 2.15. The third-order valence-electron chi connectivity index (χ3n) is 3.00. The first-order valence-corrected chi connectivity index (χ1v) is 8.38. The van der Waals surface area contributed by atoms with E-state index in [1.54, 1.807) is 37.3 Å². The van der Waals surface area contributed by atoms with Crippen LogP contribution in [0.5, 0.6) is 5.75 Å². The molecule has 0 unspecified atom stereocenters. The van der Waals surface area contributed by atoms with E-state index < -0.39 is 16.0 Å². The van der Waals surface area contributed by atoms with Gasteiger partial charge in [0.15, 0.2) is 0 Å². The fourth-order valence-electron chi connectivity index (χ4n) is 1.89. The van der Waals surface area contributed by atoms with Crippen LogP contribution in [0.15, 0.2) is 53.4 Å². The zero-order valence-corrected chi connectivity index (χ0v) is 13.6. The Morgan fingerprint density at radius 3 is 2.43 bits per heavy atom. The molecule has 122 valence electrons. The van der Waals surface area contributed by atoms with Crippen LogP contribution in [0.1, 0.15) is 17.3 Å². The van der Waals surface area contributed by atoms with Gasteiger partial charge in [-0.3, -0.25) is 4.72 Å². The number of ether oxygens (including phenoxy) is 2. The van der Waals surface area contributed by atoms with E-state index in [2.05, 4.69) is 4.72 Å².